The fourth-order valence-electron chi connectivity index (χ4n) is 6.70. The molecule has 2 aliphatic rings. The van der Waals surface area contributed by atoms with E-state index in [1.165, 1.54) is 12.1 Å². The summed E-state index contributed by atoms with van der Waals surface area (Å²) >= 11 is 0. The van der Waals surface area contributed by atoms with E-state index >= 15 is 0 Å². The number of anilines is 2. The van der Waals surface area contributed by atoms with Crippen LogP contribution in [0, 0.1) is 19.3 Å². The predicted molar refractivity (Wildman–Crippen MR) is 196 cm³/mol. The number of aryl methyl sites for hydroxylation is 2. The summed E-state index contributed by atoms with van der Waals surface area (Å²) in [5.41, 5.74) is 3.99. The molecule has 0 spiro atoms. The third-order valence-electron chi connectivity index (χ3n) is 9.20. The van der Waals surface area contributed by atoms with Crippen molar-refractivity contribution >= 4 is 33.6 Å². The largest absolute Gasteiger partial charge is 0.475 e. The molecule has 1 fully saturated rings. The molecule has 1 atom stereocenters. The molecule has 4 bridgehead atoms. The van der Waals surface area contributed by atoms with E-state index in [1.54, 1.807) is 30.0 Å². The number of nitrogens with one attached hydrogen (secondary N) is 1. The summed E-state index contributed by atoms with van der Waals surface area (Å²) in [5.74, 6) is 0.531. The highest BCUT2D eigenvalue weighted by Crippen LogP contribution is 2.32. The Balaban J connectivity index is 1.42. The minimum Gasteiger partial charge on any atom is -0.475 e. The lowest BCUT2D eigenvalue weighted by Crippen LogP contribution is -2.48. The van der Waals surface area contributed by atoms with Crippen molar-refractivity contribution in [1.29, 1.82) is 0 Å². The van der Waals surface area contributed by atoms with Crippen molar-refractivity contribution in [3.63, 3.8) is 0 Å². The SMILES string of the molecule is CC(=O)N1CCN(c2cccc(CN3C(=O)c4cccc(c4)S(=O)(=O)Nc4nc(cc(-c5c(C)cccc5C)n4)OC[C@H]3CC(C)(C)C)n2)CC1. The summed E-state index contributed by atoms with van der Waals surface area (Å²) in [7, 11) is -4.19. The first-order chi connectivity index (χ1) is 24.2. The quantitative estimate of drug-likeness (QED) is 0.286. The van der Waals surface area contributed by atoms with Crippen LogP contribution in [-0.4, -0.2) is 83.8 Å². The fourth-order valence-corrected chi connectivity index (χ4v) is 7.69. The Kier molecular flexibility index (Phi) is 10.0. The van der Waals surface area contributed by atoms with Gasteiger partial charge in [0.15, 0.2) is 0 Å². The number of nitrogens with zero attached hydrogens (tertiary/aromatic N) is 6. The summed E-state index contributed by atoms with van der Waals surface area (Å²) in [4.78, 5) is 46.1. The number of fused-ring (bicyclic) bond motifs is 4. The average Bonchev–Trinajstić information content (AvgIpc) is 3.08. The summed E-state index contributed by atoms with van der Waals surface area (Å²) < 4.78 is 36.4. The van der Waals surface area contributed by atoms with E-state index in [1.807, 2.05) is 55.1 Å². The summed E-state index contributed by atoms with van der Waals surface area (Å²) in [6.45, 7) is 14.6. The molecule has 0 saturated carbocycles. The zero-order valence-corrected chi connectivity index (χ0v) is 30.8. The van der Waals surface area contributed by atoms with Crippen molar-refractivity contribution in [2.75, 3.05) is 42.4 Å². The van der Waals surface area contributed by atoms with Gasteiger partial charge in [0.1, 0.15) is 12.4 Å². The van der Waals surface area contributed by atoms with Crippen LogP contribution in [-0.2, 0) is 21.4 Å². The van der Waals surface area contributed by atoms with Gasteiger partial charge in [-0.25, -0.2) is 23.1 Å². The van der Waals surface area contributed by atoms with Crippen molar-refractivity contribution in [3.8, 4) is 17.1 Å². The number of benzene rings is 2. The van der Waals surface area contributed by atoms with E-state index in [4.69, 9.17) is 9.72 Å². The number of aromatic nitrogens is 3. The molecule has 268 valence electrons. The highest BCUT2D eigenvalue weighted by atomic mass is 32.2. The maximum Gasteiger partial charge on any atom is 0.264 e. The lowest BCUT2D eigenvalue weighted by atomic mass is 9.87. The molecular formula is C38H45N7O5S. The maximum absolute atomic E-state index is 14.6. The molecule has 0 aliphatic carbocycles. The zero-order valence-electron chi connectivity index (χ0n) is 30.0. The number of piperazine rings is 1. The van der Waals surface area contributed by atoms with Gasteiger partial charge in [0.25, 0.3) is 15.9 Å². The molecule has 2 aliphatic heterocycles. The Labute approximate surface area is 299 Å². The second kappa shape index (κ2) is 14.3. The van der Waals surface area contributed by atoms with Crippen LogP contribution in [0.1, 0.15) is 61.3 Å². The lowest BCUT2D eigenvalue weighted by molar-refractivity contribution is -0.129. The Morgan fingerprint density at radius 2 is 1.61 bits per heavy atom. The van der Waals surface area contributed by atoms with Crippen molar-refractivity contribution in [2.24, 2.45) is 5.41 Å². The number of ether oxygens (including phenoxy) is 1. The monoisotopic (exact) mass is 711 g/mol. The minimum atomic E-state index is -4.19. The summed E-state index contributed by atoms with van der Waals surface area (Å²) in [5, 5.41) is 0. The normalized spacial score (nSPS) is 17.8. The van der Waals surface area contributed by atoms with Crippen LogP contribution in [0.2, 0.25) is 0 Å². The second-order valence-corrected chi connectivity index (χ2v) is 16.1. The Bertz CT molecular complexity index is 2040. The second-order valence-electron chi connectivity index (χ2n) is 14.5. The molecule has 2 amide bonds. The van der Waals surface area contributed by atoms with Gasteiger partial charge in [0.05, 0.1) is 28.9 Å². The Morgan fingerprint density at radius 1 is 0.922 bits per heavy atom. The molecule has 1 saturated heterocycles. The molecule has 1 N–H and O–H groups in total. The number of amides is 2. The highest BCUT2D eigenvalue weighted by molar-refractivity contribution is 7.92. The summed E-state index contributed by atoms with van der Waals surface area (Å²) in [6.07, 6.45) is 0.573. The van der Waals surface area contributed by atoms with Crippen LogP contribution in [0.5, 0.6) is 5.88 Å². The van der Waals surface area contributed by atoms with E-state index in [9.17, 15) is 18.0 Å². The van der Waals surface area contributed by atoms with Gasteiger partial charge in [-0.2, -0.15) is 4.98 Å². The number of rotatable bonds is 5. The van der Waals surface area contributed by atoms with Gasteiger partial charge in [0, 0.05) is 50.3 Å². The molecule has 51 heavy (non-hydrogen) atoms. The Morgan fingerprint density at radius 3 is 2.29 bits per heavy atom. The third kappa shape index (κ3) is 8.30. The van der Waals surface area contributed by atoms with E-state index in [0.717, 1.165) is 22.5 Å². The number of pyridine rings is 1. The topological polar surface area (TPSA) is 138 Å². The van der Waals surface area contributed by atoms with Crippen LogP contribution in [0.25, 0.3) is 11.3 Å². The van der Waals surface area contributed by atoms with Crippen molar-refractivity contribution in [1.82, 2.24) is 24.8 Å². The van der Waals surface area contributed by atoms with E-state index < -0.39 is 16.1 Å². The fraction of sp³-hybridized carbons (Fsp3) is 0.395. The zero-order chi connectivity index (χ0) is 36.5. The number of hydrogen-bond acceptors (Lipinski definition) is 9. The van der Waals surface area contributed by atoms with Crippen LogP contribution in [0.15, 0.2) is 71.6 Å². The number of carbonyl (C=O) groups excluding carboxylic acids is 2. The maximum atomic E-state index is 14.6. The van der Waals surface area contributed by atoms with E-state index in [0.29, 0.717) is 44.0 Å². The first-order valence-corrected chi connectivity index (χ1v) is 18.6. The molecular weight excluding hydrogens is 667 g/mol. The van der Waals surface area contributed by atoms with Crippen LogP contribution >= 0.6 is 0 Å². The number of carbonyl (C=O) groups is 2. The number of hydrogen-bond donors (Lipinski definition) is 1. The highest BCUT2D eigenvalue weighted by Gasteiger charge is 2.32. The molecule has 4 heterocycles. The standard InChI is InChI=1S/C38H45N7O5S/c1-25-10-7-11-26(2)35(25)32-21-34-41-37(40-32)42-51(48,49)31-14-8-12-28(20-31)36(47)45(30(24-50-34)22-38(4,5)6)23-29-13-9-15-33(39-29)44-18-16-43(17-19-44)27(3)46/h7-15,20-21,30H,16-19,22-24H2,1-6H3,(H,40,41,42)/t30-/m1/s1. The molecule has 6 rings (SSSR count). The Hall–Kier alpha value is -5.04. The smallest absolute Gasteiger partial charge is 0.264 e. The number of sulfonamides is 1. The lowest BCUT2D eigenvalue weighted by Gasteiger charge is -2.36. The minimum absolute atomic E-state index is 0.0559. The average molecular weight is 712 g/mol. The van der Waals surface area contributed by atoms with Crippen molar-refractivity contribution in [2.45, 2.75) is 65.4 Å². The molecule has 2 aromatic carbocycles. The van der Waals surface area contributed by atoms with Gasteiger partial charge >= 0.3 is 0 Å². The van der Waals surface area contributed by atoms with Crippen molar-refractivity contribution < 1.29 is 22.7 Å². The van der Waals surface area contributed by atoms with Crippen LogP contribution in [0.3, 0.4) is 0 Å². The van der Waals surface area contributed by atoms with Gasteiger partial charge in [-0.3, -0.25) is 9.59 Å². The molecule has 13 heteroatoms. The molecule has 0 unspecified atom stereocenters. The first kappa shape index (κ1) is 35.8. The molecule has 4 aromatic rings. The van der Waals surface area contributed by atoms with E-state index in [2.05, 4.69) is 40.4 Å². The van der Waals surface area contributed by atoms with Gasteiger partial charge in [-0.1, -0.05) is 51.1 Å². The molecule has 12 nitrogen and oxygen atoms in total. The predicted octanol–water partition coefficient (Wildman–Crippen LogP) is 5.46. The van der Waals surface area contributed by atoms with Crippen LogP contribution < -0.4 is 14.4 Å². The van der Waals surface area contributed by atoms with Gasteiger partial charge in [-0.15, -0.1) is 0 Å². The third-order valence-corrected chi connectivity index (χ3v) is 10.5. The van der Waals surface area contributed by atoms with E-state index in [-0.39, 0.29) is 52.7 Å². The first-order valence-electron chi connectivity index (χ1n) is 17.2. The van der Waals surface area contributed by atoms with Gasteiger partial charge < -0.3 is 19.4 Å². The van der Waals surface area contributed by atoms with Gasteiger partial charge in [0.2, 0.25) is 17.7 Å². The van der Waals surface area contributed by atoms with Crippen molar-refractivity contribution in [3.05, 3.63) is 89.1 Å². The van der Waals surface area contributed by atoms with Gasteiger partial charge in [-0.05, 0) is 67.1 Å². The molecule has 0 radical (unpaired) electrons. The summed E-state index contributed by atoms with van der Waals surface area (Å²) in [6, 6.07) is 18.9. The van der Waals surface area contributed by atoms with Crippen LogP contribution in [0.4, 0.5) is 11.8 Å². The molecule has 2 aromatic heterocycles.